The molecule has 0 aromatic heterocycles. The second-order valence-electron chi connectivity index (χ2n) is 17.1. The van der Waals surface area contributed by atoms with Crippen LogP contribution in [0.5, 0.6) is 0 Å². The van der Waals surface area contributed by atoms with Crippen molar-refractivity contribution in [3.05, 3.63) is 24.0 Å². The summed E-state index contributed by atoms with van der Waals surface area (Å²) in [6.07, 6.45) is 10.8. The highest BCUT2D eigenvalue weighted by Crippen LogP contribution is 2.45. The van der Waals surface area contributed by atoms with E-state index in [-0.39, 0.29) is 71.6 Å². The van der Waals surface area contributed by atoms with Crippen LogP contribution in [0.2, 0.25) is 0 Å². The van der Waals surface area contributed by atoms with Gasteiger partial charge in [0.2, 0.25) is 0 Å². The zero-order chi connectivity index (χ0) is 38.0. The minimum absolute atomic E-state index is 0.0809. The summed E-state index contributed by atoms with van der Waals surface area (Å²) in [6, 6.07) is 0. The number of hydrogen-bond acceptors (Lipinski definition) is 8. The van der Waals surface area contributed by atoms with E-state index in [0.29, 0.717) is 25.7 Å². The number of carboxylic acids is 1. The Bertz CT molecular complexity index is 1120. The number of hydrogen-bond donors (Lipinski definition) is 5. The predicted molar refractivity (Wildman–Crippen MR) is 198 cm³/mol. The summed E-state index contributed by atoms with van der Waals surface area (Å²) in [5.41, 5.74) is -1.01. The maximum Gasteiger partial charge on any atom is 0.303 e. The topological polar surface area (TPSA) is 154 Å². The van der Waals surface area contributed by atoms with Gasteiger partial charge in [-0.2, -0.15) is 0 Å². The van der Waals surface area contributed by atoms with E-state index < -0.39 is 35.5 Å². The highest BCUT2D eigenvalue weighted by molar-refractivity contribution is 5.91. The Morgan fingerprint density at radius 1 is 0.820 bits per heavy atom. The summed E-state index contributed by atoms with van der Waals surface area (Å²) in [7, 11) is 0. The lowest BCUT2D eigenvalue weighted by Gasteiger charge is -2.35. The van der Waals surface area contributed by atoms with Gasteiger partial charge in [-0.3, -0.25) is 9.59 Å². The first kappa shape index (κ1) is 44.4. The van der Waals surface area contributed by atoms with Gasteiger partial charge in [-0.25, -0.2) is 0 Å². The van der Waals surface area contributed by atoms with Gasteiger partial charge >= 0.3 is 5.97 Å². The molecular formula is C41H72O9. The van der Waals surface area contributed by atoms with E-state index in [1.807, 2.05) is 40.7 Å². The number of rotatable bonds is 22. The molecule has 0 amide bonds. The fraction of sp³-hybridized carbons (Fsp3) is 0.854. The van der Waals surface area contributed by atoms with E-state index in [0.717, 1.165) is 38.5 Å². The van der Waals surface area contributed by atoms with Crippen LogP contribution in [0.4, 0.5) is 0 Å². The molecule has 0 spiro atoms. The number of ketones is 1. The molecule has 0 saturated carbocycles. The van der Waals surface area contributed by atoms with Crippen LogP contribution in [0, 0.1) is 41.4 Å². The molecule has 2 aliphatic heterocycles. The van der Waals surface area contributed by atoms with Gasteiger partial charge in [-0.15, -0.1) is 0 Å². The molecule has 2 heterocycles. The molecule has 0 unspecified atom stereocenters. The van der Waals surface area contributed by atoms with E-state index in [1.54, 1.807) is 6.92 Å². The average Bonchev–Trinajstić information content (AvgIpc) is 3.63. The molecular weight excluding hydrogens is 636 g/mol. The molecule has 0 radical (unpaired) electrons. The number of allylic oxidation sites excluding steroid dienone is 3. The monoisotopic (exact) mass is 709 g/mol. The summed E-state index contributed by atoms with van der Waals surface area (Å²) in [5.74, 6) is -0.810. The third-order valence-electron chi connectivity index (χ3n) is 11.9. The van der Waals surface area contributed by atoms with Crippen LogP contribution in [0.1, 0.15) is 140 Å². The van der Waals surface area contributed by atoms with Crippen molar-refractivity contribution >= 4 is 11.8 Å². The van der Waals surface area contributed by atoms with Gasteiger partial charge in [-0.05, 0) is 103 Å². The average molecular weight is 709 g/mol. The molecule has 0 bridgehead atoms. The first-order valence-corrected chi connectivity index (χ1v) is 19.4. The maximum atomic E-state index is 12.8. The van der Waals surface area contributed by atoms with E-state index in [9.17, 15) is 30.0 Å². The van der Waals surface area contributed by atoms with Gasteiger partial charge in [0.25, 0.3) is 0 Å². The number of aliphatic hydroxyl groups is 4. The zero-order valence-electron chi connectivity index (χ0n) is 32.8. The summed E-state index contributed by atoms with van der Waals surface area (Å²) in [5, 5.41) is 51.9. The lowest BCUT2D eigenvalue weighted by molar-refractivity contribution is -0.172. The second kappa shape index (κ2) is 19.9. The van der Waals surface area contributed by atoms with Crippen molar-refractivity contribution in [1.82, 2.24) is 0 Å². The molecule has 2 fully saturated rings. The maximum absolute atomic E-state index is 12.8. The van der Waals surface area contributed by atoms with Gasteiger partial charge < -0.3 is 35.0 Å². The minimum Gasteiger partial charge on any atom is -0.512 e. The van der Waals surface area contributed by atoms with E-state index in [4.69, 9.17) is 14.6 Å². The number of carbonyl (C=O) groups is 2. The van der Waals surface area contributed by atoms with Crippen LogP contribution < -0.4 is 0 Å². The normalized spacial score (nSPS) is 30.7. The van der Waals surface area contributed by atoms with Gasteiger partial charge in [0.1, 0.15) is 0 Å². The minimum atomic E-state index is -0.781. The molecule has 14 atom stereocenters. The Kier molecular flexibility index (Phi) is 17.7. The molecule has 2 rings (SSSR count). The predicted octanol–water partition coefficient (Wildman–Crippen LogP) is 7.80. The van der Waals surface area contributed by atoms with Crippen molar-refractivity contribution in [2.45, 2.75) is 182 Å². The molecule has 0 aromatic carbocycles. The third kappa shape index (κ3) is 13.6. The quantitative estimate of drug-likeness (QED) is 0.0431. The molecule has 2 aliphatic rings. The van der Waals surface area contributed by atoms with Crippen LogP contribution in [0.15, 0.2) is 24.0 Å². The SMILES string of the molecule is C[C@H](CC=C[C@H](C)[C@H](O)[C@H](C)[C@@H](O)C[C@H]1CC[C@](C)([C@H]2CC[C@@](C)([C@@H](C)O)O2)O1)C[C@@H](C)C(O)=CC(=O)[C@@H](C)C[C@@H](C)C[C@@H](C)CCC(=O)O. The van der Waals surface area contributed by atoms with Crippen molar-refractivity contribution in [3.63, 3.8) is 0 Å². The van der Waals surface area contributed by atoms with Crippen LogP contribution in [-0.4, -0.2) is 79.0 Å². The van der Waals surface area contributed by atoms with E-state index in [1.165, 1.54) is 6.08 Å². The van der Waals surface area contributed by atoms with Gasteiger partial charge in [0.05, 0.1) is 47.5 Å². The van der Waals surface area contributed by atoms with Crippen molar-refractivity contribution in [3.8, 4) is 0 Å². The van der Waals surface area contributed by atoms with Gasteiger partial charge in [-0.1, -0.05) is 60.6 Å². The third-order valence-corrected chi connectivity index (χ3v) is 11.9. The Hall–Kier alpha value is -1.78. The van der Waals surface area contributed by atoms with Crippen molar-refractivity contribution in [1.29, 1.82) is 0 Å². The molecule has 0 aromatic rings. The summed E-state index contributed by atoms with van der Waals surface area (Å²) < 4.78 is 12.7. The molecule has 0 aliphatic carbocycles. The fourth-order valence-electron chi connectivity index (χ4n) is 8.02. The lowest BCUT2D eigenvalue weighted by Crippen LogP contribution is -2.44. The van der Waals surface area contributed by atoms with Crippen molar-refractivity contribution in [2.24, 2.45) is 41.4 Å². The Morgan fingerprint density at radius 2 is 1.46 bits per heavy atom. The number of ether oxygens (including phenoxy) is 2. The molecule has 2 saturated heterocycles. The van der Waals surface area contributed by atoms with Crippen LogP contribution in [0.3, 0.4) is 0 Å². The van der Waals surface area contributed by atoms with E-state index >= 15 is 0 Å². The Balaban J connectivity index is 1.77. The Morgan fingerprint density at radius 3 is 2.06 bits per heavy atom. The van der Waals surface area contributed by atoms with Gasteiger partial charge in [0.15, 0.2) is 5.78 Å². The van der Waals surface area contributed by atoms with E-state index in [2.05, 4.69) is 33.8 Å². The first-order chi connectivity index (χ1) is 23.2. The summed E-state index contributed by atoms with van der Waals surface area (Å²) in [6.45, 7) is 19.7. The van der Waals surface area contributed by atoms with Crippen LogP contribution in [-0.2, 0) is 19.1 Å². The molecule has 290 valence electrons. The standard InChI is InChI=1S/C41H72O9/c1-25(21-29(5)34(43)24-35(44)30(6)22-27(3)20-26(2)14-15-38(46)47)12-11-13-28(4)39(48)31(7)36(45)23-33-16-18-41(10,49-33)37-17-19-40(9,50-37)32(8)42/h11,13,24-33,36-37,39,42-43,45,48H,12,14-23H2,1-10H3,(H,46,47)/t25-,26+,27+,28+,29-,30+,31-,32-,33-,36+,37-,39+,40+,41-/m1/s1. The first-order valence-electron chi connectivity index (χ1n) is 19.4. The molecule has 5 N–H and O–H groups in total. The number of aliphatic carboxylic acids is 1. The van der Waals surface area contributed by atoms with Crippen LogP contribution in [0.25, 0.3) is 0 Å². The van der Waals surface area contributed by atoms with Crippen molar-refractivity contribution in [2.75, 3.05) is 0 Å². The molecule has 9 heteroatoms. The van der Waals surface area contributed by atoms with Gasteiger partial charge in [0, 0.05) is 36.2 Å². The molecule has 50 heavy (non-hydrogen) atoms. The summed E-state index contributed by atoms with van der Waals surface area (Å²) >= 11 is 0. The highest BCUT2D eigenvalue weighted by Gasteiger charge is 2.51. The largest absolute Gasteiger partial charge is 0.512 e. The highest BCUT2D eigenvalue weighted by atomic mass is 16.6. The van der Waals surface area contributed by atoms with Crippen molar-refractivity contribution < 1.29 is 44.6 Å². The molecule has 9 nitrogen and oxygen atoms in total. The Labute approximate surface area is 302 Å². The fourth-order valence-corrected chi connectivity index (χ4v) is 8.02. The second-order valence-corrected chi connectivity index (χ2v) is 17.1. The number of aliphatic hydroxyl groups excluding tert-OH is 4. The summed E-state index contributed by atoms with van der Waals surface area (Å²) in [4.78, 5) is 23.7. The number of carbonyl (C=O) groups excluding carboxylic acids is 1. The van der Waals surface area contributed by atoms with Crippen LogP contribution >= 0.6 is 0 Å². The number of carboxylic acid groups (broad SMARTS) is 1. The zero-order valence-corrected chi connectivity index (χ0v) is 32.8. The lowest BCUT2D eigenvalue weighted by atomic mass is 9.85. The smallest absolute Gasteiger partial charge is 0.303 e.